The summed E-state index contributed by atoms with van der Waals surface area (Å²) in [6, 6.07) is 7.35. The molecule has 1 aliphatic heterocycles. The van der Waals surface area contributed by atoms with Gasteiger partial charge in [-0.2, -0.15) is 0 Å². The van der Waals surface area contributed by atoms with Crippen LogP contribution in [0.25, 0.3) is 11.5 Å². The minimum absolute atomic E-state index is 0.0337. The number of nitrogens with zero attached hydrogens (tertiary/aromatic N) is 2. The van der Waals surface area contributed by atoms with Crippen molar-refractivity contribution in [2.45, 2.75) is 12.8 Å². The Morgan fingerprint density at radius 1 is 1.19 bits per heavy atom. The standard InChI is InChI=1S/C18H17N3O3S2/c22-16(20-18-19-13(11-26-18)14-3-1-9-24-14)12-5-7-21(8-6-12)17(23)15-4-2-10-25-15/h1-4,9-12H,5-8H2,(H,19,20,22). The molecule has 4 rings (SSSR count). The van der Waals surface area contributed by atoms with Crippen LogP contribution in [0.5, 0.6) is 0 Å². The Morgan fingerprint density at radius 3 is 2.73 bits per heavy atom. The third-order valence-electron chi connectivity index (χ3n) is 4.39. The minimum atomic E-state index is -0.0988. The summed E-state index contributed by atoms with van der Waals surface area (Å²) in [4.78, 5) is 31.8. The number of hydrogen-bond donors (Lipinski definition) is 1. The number of nitrogens with one attached hydrogen (secondary N) is 1. The van der Waals surface area contributed by atoms with Gasteiger partial charge < -0.3 is 14.6 Å². The number of amides is 2. The van der Waals surface area contributed by atoms with Gasteiger partial charge in [0.2, 0.25) is 5.91 Å². The molecule has 1 saturated heterocycles. The second-order valence-corrected chi connectivity index (χ2v) is 7.85. The molecule has 1 fully saturated rings. The van der Waals surface area contributed by atoms with Crippen molar-refractivity contribution in [3.05, 3.63) is 46.2 Å². The molecule has 0 aromatic carbocycles. The van der Waals surface area contributed by atoms with Gasteiger partial charge in [-0.3, -0.25) is 9.59 Å². The van der Waals surface area contributed by atoms with Gasteiger partial charge in [0.25, 0.3) is 5.91 Å². The molecule has 1 aliphatic rings. The summed E-state index contributed by atoms with van der Waals surface area (Å²) in [5.74, 6) is 0.607. The monoisotopic (exact) mass is 387 g/mol. The highest BCUT2D eigenvalue weighted by atomic mass is 32.1. The molecule has 3 aromatic rings. The fourth-order valence-corrected chi connectivity index (χ4v) is 4.37. The van der Waals surface area contributed by atoms with E-state index in [-0.39, 0.29) is 17.7 Å². The van der Waals surface area contributed by atoms with Crippen LogP contribution in [0.1, 0.15) is 22.5 Å². The van der Waals surface area contributed by atoms with Crippen molar-refractivity contribution in [3.63, 3.8) is 0 Å². The minimum Gasteiger partial charge on any atom is -0.463 e. The van der Waals surface area contributed by atoms with E-state index in [0.717, 1.165) is 4.88 Å². The summed E-state index contributed by atoms with van der Waals surface area (Å²) in [7, 11) is 0. The molecule has 6 nitrogen and oxygen atoms in total. The number of aromatic nitrogens is 1. The summed E-state index contributed by atoms with van der Waals surface area (Å²) in [5, 5.41) is 7.22. The number of furan rings is 1. The fraction of sp³-hybridized carbons (Fsp3) is 0.278. The molecule has 0 bridgehead atoms. The molecule has 0 radical (unpaired) electrons. The number of carbonyl (C=O) groups is 2. The van der Waals surface area contributed by atoms with Gasteiger partial charge in [0.15, 0.2) is 10.9 Å². The Balaban J connectivity index is 1.32. The molecule has 0 unspecified atom stereocenters. The Labute approximate surface area is 158 Å². The van der Waals surface area contributed by atoms with Gasteiger partial charge in [0.1, 0.15) is 5.69 Å². The molecule has 3 aromatic heterocycles. The molecule has 8 heteroatoms. The molecular weight excluding hydrogens is 370 g/mol. The van der Waals surface area contributed by atoms with E-state index in [1.54, 1.807) is 12.3 Å². The highest BCUT2D eigenvalue weighted by Gasteiger charge is 2.28. The largest absolute Gasteiger partial charge is 0.463 e. The lowest BCUT2D eigenvalue weighted by atomic mass is 9.96. The van der Waals surface area contributed by atoms with Crippen molar-refractivity contribution in [2.24, 2.45) is 5.92 Å². The Bertz CT molecular complexity index is 879. The van der Waals surface area contributed by atoms with E-state index in [0.29, 0.717) is 42.5 Å². The molecule has 0 saturated carbocycles. The predicted octanol–water partition coefficient (Wildman–Crippen LogP) is 3.96. The number of hydrogen-bond acceptors (Lipinski definition) is 6. The Hall–Kier alpha value is -2.45. The number of likely N-dealkylation sites (tertiary alicyclic amines) is 1. The number of rotatable bonds is 4. The maximum atomic E-state index is 12.5. The summed E-state index contributed by atoms with van der Waals surface area (Å²) in [5.41, 5.74) is 0.715. The van der Waals surface area contributed by atoms with Crippen LogP contribution < -0.4 is 5.32 Å². The van der Waals surface area contributed by atoms with Crippen LogP contribution in [0, 0.1) is 5.92 Å². The number of piperidine rings is 1. The van der Waals surface area contributed by atoms with Gasteiger partial charge in [0, 0.05) is 24.4 Å². The van der Waals surface area contributed by atoms with Crippen LogP contribution in [0.3, 0.4) is 0 Å². The molecule has 1 N–H and O–H groups in total. The van der Waals surface area contributed by atoms with E-state index < -0.39 is 0 Å². The number of thiazole rings is 1. The van der Waals surface area contributed by atoms with Crippen LogP contribution >= 0.6 is 22.7 Å². The maximum absolute atomic E-state index is 12.5. The first kappa shape index (κ1) is 17.0. The normalized spacial score (nSPS) is 15.2. The second-order valence-electron chi connectivity index (χ2n) is 6.05. The SMILES string of the molecule is O=C(Nc1nc(-c2ccco2)cs1)C1CCN(C(=O)c2cccs2)CC1. The van der Waals surface area contributed by atoms with E-state index in [1.807, 2.05) is 33.9 Å². The summed E-state index contributed by atoms with van der Waals surface area (Å²) < 4.78 is 5.31. The number of carbonyl (C=O) groups excluding carboxylic acids is 2. The molecule has 2 amide bonds. The van der Waals surface area contributed by atoms with Gasteiger partial charge in [-0.15, -0.1) is 22.7 Å². The molecule has 26 heavy (non-hydrogen) atoms. The lowest BCUT2D eigenvalue weighted by molar-refractivity contribution is -0.121. The summed E-state index contributed by atoms with van der Waals surface area (Å²) >= 11 is 2.83. The van der Waals surface area contributed by atoms with Gasteiger partial charge in [0.05, 0.1) is 11.1 Å². The molecule has 0 atom stereocenters. The maximum Gasteiger partial charge on any atom is 0.263 e. The van der Waals surface area contributed by atoms with Crippen molar-refractivity contribution in [1.29, 1.82) is 0 Å². The highest BCUT2D eigenvalue weighted by molar-refractivity contribution is 7.14. The molecule has 0 aliphatic carbocycles. The molecule has 4 heterocycles. The zero-order valence-electron chi connectivity index (χ0n) is 13.9. The van der Waals surface area contributed by atoms with Crippen LogP contribution in [-0.2, 0) is 4.79 Å². The first-order chi connectivity index (χ1) is 12.7. The smallest absolute Gasteiger partial charge is 0.263 e. The average molecular weight is 387 g/mol. The highest BCUT2D eigenvalue weighted by Crippen LogP contribution is 2.27. The van der Waals surface area contributed by atoms with Crippen molar-refractivity contribution in [3.8, 4) is 11.5 Å². The summed E-state index contributed by atoms with van der Waals surface area (Å²) in [6.07, 6.45) is 2.93. The van der Waals surface area contributed by atoms with E-state index in [2.05, 4.69) is 10.3 Å². The third-order valence-corrected chi connectivity index (χ3v) is 6.01. The molecular formula is C18H17N3O3S2. The second kappa shape index (κ2) is 7.43. The third kappa shape index (κ3) is 3.56. The summed E-state index contributed by atoms with van der Waals surface area (Å²) in [6.45, 7) is 1.20. The quantitative estimate of drug-likeness (QED) is 0.735. The first-order valence-electron chi connectivity index (χ1n) is 8.34. The lowest BCUT2D eigenvalue weighted by Crippen LogP contribution is -2.41. The van der Waals surface area contributed by atoms with Gasteiger partial charge in [-0.1, -0.05) is 6.07 Å². The van der Waals surface area contributed by atoms with E-state index in [4.69, 9.17) is 4.42 Å². The lowest BCUT2D eigenvalue weighted by Gasteiger charge is -2.30. The van der Waals surface area contributed by atoms with Gasteiger partial charge >= 0.3 is 0 Å². The number of anilines is 1. The zero-order valence-corrected chi connectivity index (χ0v) is 15.5. The Kier molecular flexibility index (Phi) is 4.85. The van der Waals surface area contributed by atoms with Crippen LogP contribution in [0.15, 0.2) is 45.7 Å². The van der Waals surface area contributed by atoms with Crippen molar-refractivity contribution in [1.82, 2.24) is 9.88 Å². The van der Waals surface area contributed by atoms with E-state index >= 15 is 0 Å². The number of thiophene rings is 1. The van der Waals surface area contributed by atoms with Crippen molar-refractivity contribution in [2.75, 3.05) is 18.4 Å². The fourth-order valence-electron chi connectivity index (χ4n) is 2.98. The Morgan fingerprint density at radius 2 is 2.04 bits per heavy atom. The van der Waals surface area contributed by atoms with Crippen LogP contribution in [-0.4, -0.2) is 34.8 Å². The first-order valence-corrected chi connectivity index (χ1v) is 10.1. The van der Waals surface area contributed by atoms with Gasteiger partial charge in [-0.25, -0.2) is 4.98 Å². The van der Waals surface area contributed by atoms with Gasteiger partial charge in [-0.05, 0) is 36.4 Å². The van der Waals surface area contributed by atoms with E-state index in [9.17, 15) is 9.59 Å². The zero-order chi connectivity index (χ0) is 17.9. The average Bonchev–Trinajstić information content (AvgIpc) is 3.42. The van der Waals surface area contributed by atoms with E-state index in [1.165, 1.54) is 22.7 Å². The predicted molar refractivity (Wildman–Crippen MR) is 101 cm³/mol. The molecule has 0 spiro atoms. The van der Waals surface area contributed by atoms with Crippen LogP contribution in [0.4, 0.5) is 5.13 Å². The van der Waals surface area contributed by atoms with Crippen LogP contribution in [0.2, 0.25) is 0 Å². The van der Waals surface area contributed by atoms with Crippen molar-refractivity contribution < 1.29 is 14.0 Å². The topological polar surface area (TPSA) is 75.4 Å². The van der Waals surface area contributed by atoms with Crippen molar-refractivity contribution >= 4 is 39.6 Å². The molecule has 134 valence electrons.